The van der Waals surface area contributed by atoms with E-state index in [9.17, 15) is 4.79 Å². The van der Waals surface area contributed by atoms with E-state index in [2.05, 4.69) is 5.10 Å². The average molecular weight is 292 g/mol. The minimum Gasteiger partial charge on any atom is -0.462 e. The number of rotatable bonds is 3. The second kappa shape index (κ2) is 6.18. The second-order valence-corrected chi connectivity index (χ2v) is 6.17. The number of ether oxygens (including phenoxy) is 2. The standard InChI is InChI=1S/C16H24N2O3/c1-2-20-15(19)13-11-17-18(12-13)14-6-9-21-16(10-14)7-4-3-5-8-16/h11-12,14H,2-10H2,1H3. The van der Waals surface area contributed by atoms with Gasteiger partial charge in [-0.25, -0.2) is 4.79 Å². The smallest absolute Gasteiger partial charge is 0.341 e. The minimum atomic E-state index is -0.289. The highest BCUT2D eigenvalue weighted by molar-refractivity contribution is 5.88. The predicted molar refractivity (Wildman–Crippen MR) is 78.2 cm³/mol. The molecule has 1 aromatic heterocycles. The monoisotopic (exact) mass is 292 g/mol. The zero-order valence-electron chi connectivity index (χ0n) is 12.7. The molecule has 1 spiro atoms. The Morgan fingerprint density at radius 3 is 3.05 bits per heavy atom. The lowest BCUT2D eigenvalue weighted by Gasteiger charge is -2.43. The van der Waals surface area contributed by atoms with E-state index in [0.29, 0.717) is 18.2 Å². The molecule has 2 heterocycles. The molecular weight excluding hydrogens is 268 g/mol. The second-order valence-electron chi connectivity index (χ2n) is 6.17. The highest BCUT2D eigenvalue weighted by Gasteiger charge is 2.39. The van der Waals surface area contributed by atoms with Crippen LogP contribution in [0, 0.1) is 0 Å². The summed E-state index contributed by atoms with van der Waals surface area (Å²) >= 11 is 0. The summed E-state index contributed by atoms with van der Waals surface area (Å²) in [6.45, 7) is 3.00. The van der Waals surface area contributed by atoms with Crippen LogP contribution in [0.3, 0.4) is 0 Å². The Kier molecular flexibility index (Phi) is 4.29. The highest BCUT2D eigenvalue weighted by atomic mass is 16.5. The molecule has 3 rings (SSSR count). The van der Waals surface area contributed by atoms with Gasteiger partial charge in [0.1, 0.15) is 0 Å². The molecule has 5 heteroatoms. The molecule has 21 heavy (non-hydrogen) atoms. The molecule has 0 bridgehead atoms. The average Bonchev–Trinajstić information content (AvgIpc) is 2.98. The van der Waals surface area contributed by atoms with E-state index in [0.717, 1.165) is 32.3 Å². The van der Waals surface area contributed by atoms with Crippen LogP contribution in [-0.2, 0) is 9.47 Å². The van der Waals surface area contributed by atoms with Crippen molar-refractivity contribution in [1.82, 2.24) is 9.78 Å². The number of hydrogen-bond acceptors (Lipinski definition) is 4. The van der Waals surface area contributed by atoms with E-state index < -0.39 is 0 Å². The van der Waals surface area contributed by atoms with Gasteiger partial charge in [-0.2, -0.15) is 5.10 Å². The van der Waals surface area contributed by atoms with Gasteiger partial charge in [0.15, 0.2) is 0 Å². The van der Waals surface area contributed by atoms with E-state index in [1.54, 1.807) is 6.20 Å². The van der Waals surface area contributed by atoms with Crippen LogP contribution in [0.2, 0.25) is 0 Å². The number of nitrogens with zero attached hydrogens (tertiary/aromatic N) is 2. The molecule has 2 aliphatic rings. The Balaban J connectivity index is 1.70. The first-order valence-corrected chi connectivity index (χ1v) is 8.08. The van der Waals surface area contributed by atoms with E-state index in [1.165, 1.54) is 19.3 Å². The van der Waals surface area contributed by atoms with Gasteiger partial charge in [0, 0.05) is 12.8 Å². The molecule has 0 aromatic carbocycles. The summed E-state index contributed by atoms with van der Waals surface area (Å²) in [5.74, 6) is -0.289. The topological polar surface area (TPSA) is 53.3 Å². The van der Waals surface area contributed by atoms with Crippen molar-refractivity contribution in [2.45, 2.75) is 63.5 Å². The lowest BCUT2D eigenvalue weighted by molar-refractivity contribution is -0.115. The van der Waals surface area contributed by atoms with Gasteiger partial charge in [0.05, 0.1) is 30.0 Å². The minimum absolute atomic E-state index is 0.0528. The molecule has 0 amide bonds. The van der Waals surface area contributed by atoms with Crippen molar-refractivity contribution in [3.05, 3.63) is 18.0 Å². The molecule has 0 N–H and O–H groups in total. The van der Waals surface area contributed by atoms with E-state index in [1.807, 2.05) is 17.8 Å². The SMILES string of the molecule is CCOC(=O)c1cnn(C2CCOC3(CCCCC3)C2)c1. The van der Waals surface area contributed by atoms with Crippen LogP contribution >= 0.6 is 0 Å². The maximum atomic E-state index is 11.7. The number of carbonyl (C=O) groups is 1. The first-order valence-electron chi connectivity index (χ1n) is 8.08. The van der Waals surface area contributed by atoms with Crippen LogP contribution in [0.25, 0.3) is 0 Å². The van der Waals surface area contributed by atoms with Crippen LogP contribution in [0.15, 0.2) is 12.4 Å². The molecule has 1 aromatic rings. The summed E-state index contributed by atoms with van der Waals surface area (Å²) in [7, 11) is 0. The predicted octanol–water partition coefficient (Wildman–Crippen LogP) is 3.11. The molecule has 5 nitrogen and oxygen atoms in total. The van der Waals surface area contributed by atoms with Gasteiger partial charge in [-0.05, 0) is 32.6 Å². The van der Waals surface area contributed by atoms with Crippen molar-refractivity contribution in [3.63, 3.8) is 0 Å². The van der Waals surface area contributed by atoms with Crippen molar-refractivity contribution >= 4 is 5.97 Å². The highest BCUT2D eigenvalue weighted by Crippen LogP contribution is 2.42. The van der Waals surface area contributed by atoms with Gasteiger partial charge in [0.25, 0.3) is 0 Å². The summed E-state index contributed by atoms with van der Waals surface area (Å²) in [6.07, 6.45) is 11.6. The fourth-order valence-electron chi connectivity index (χ4n) is 3.63. The van der Waals surface area contributed by atoms with Gasteiger partial charge in [0.2, 0.25) is 0 Å². The third-order valence-corrected chi connectivity index (χ3v) is 4.72. The third-order valence-electron chi connectivity index (χ3n) is 4.72. The van der Waals surface area contributed by atoms with E-state index in [-0.39, 0.29) is 11.6 Å². The summed E-state index contributed by atoms with van der Waals surface area (Å²) in [4.78, 5) is 11.7. The Hall–Kier alpha value is -1.36. The van der Waals surface area contributed by atoms with Crippen LogP contribution < -0.4 is 0 Å². The Morgan fingerprint density at radius 1 is 1.48 bits per heavy atom. The van der Waals surface area contributed by atoms with Gasteiger partial charge in [-0.3, -0.25) is 4.68 Å². The zero-order chi connectivity index (χ0) is 14.7. The first kappa shape index (κ1) is 14.6. The summed E-state index contributed by atoms with van der Waals surface area (Å²) in [5, 5.41) is 4.38. The maximum absolute atomic E-state index is 11.7. The quantitative estimate of drug-likeness (QED) is 0.803. The van der Waals surface area contributed by atoms with Crippen molar-refractivity contribution in [3.8, 4) is 0 Å². The molecule has 1 aliphatic heterocycles. The van der Waals surface area contributed by atoms with Crippen molar-refractivity contribution < 1.29 is 14.3 Å². The van der Waals surface area contributed by atoms with Crippen molar-refractivity contribution in [2.75, 3.05) is 13.2 Å². The van der Waals surface area contributed by atoms with Gasteiger partial charge in [-0.15, -0.1) is 0 Å². The van der Waals surface area contributed by atoms with E-state index >= 15 is 0 Å². The Bertz CT molecular complexity index is 486. The molecule has 1 unspecified atom stereocenters. The number of aromatic nitrogens is 2. The molecule has 0 radical (unpaired) electrons. The molecule has 1 atom stereocenters. The molecule has 1 aliphatic carbocycles. The number of carbonyl (C=O) groups excluding carboxylic acids is 1. The number of hydrogen-bond donors (Lipinski definition) is 0. The van der Waals surface area contributed by atoms with Crippen molar-refractivity contribution in [1.29, 1.82) is 0 Å². The van der Waals surface area contributed by atoms with Crippen molar-refractivity contribution in [2.24, 2.45) is 0 Å². The molecule has 1 saturated carbocycles. The largest absolute Gasteiger partial charge is 0.462 e. The van der Waals surface area contributed by atoms with Crippen LogP contribution in [0.5, 0.6) is 0 Å². The zero-order valence-corrected chi connectivity index (χ0v) is 12.7. The summed E-state index contributed by atoms with van der Waals surface area (Å²) in [6, 6.07) is 0.333. The van der Waals surface area contributed by atoms with E-state index in [4.69, 9.17) is 9.47 Å². The van der Waals surface area contributed by atoms with Gasteiger partial charge in [-0.1, -0.05) is 19.3 Å². The summed E-state index contributed by atoms with van der Waals surface area (Å²) < 4.78 is 13.1. The molecular formula is C16H24N2O3. The van der Waals surface area contributed by atoms with Crippen LogP contribution in [-0.4, -0.2) is 34.6 Å². The lowest BCUT2D eigenvalue weighted by atomic mass is 9.78. The first-order chi connectivity index (χ1) is 10.2. The maximum Gasteiger partial charge on any atom is 0.341 e. The summed E-state index contributed by atoms with van der Waals surface area (Å²) in [5.41, 5.74) is 0.595. The molecule has 1 saturated heterocycles. The lowest BCUT2D eigenvalue weighted by Crippen LogP contribution is -2.42. The van der Waals surface area contributed by atoms with Crippen LogP contribution in [0.1, 0.15) is 68.3 Å². The normalized spacial score (nSPS) is 24.9. The third kappa shape index (κ3) is 3.12. The fourth-order valence-corrected chi connectivity index (χ4v) is 3.63. The Morgan fingerprint density at radius 2 is 2.29 bits per heavy atom. The molecule has 2 fully saturated rings. The Labute approximate surface area is 125 Å². The fraction of sp³-hybridized carbons (Fsp3) is 0.750. The number of esters is 1. The molecule has 116 valence electrons. The van der Waals surface area contributed by atoms with Gasteiger partial charge < -0.3 is 9.47 Å². The van der Waals surface area contributed by atoms with Crippen LogP contribution in [0.4, 0.5) is 0 Å². The van der Waals surface area contributed by atoms with Gasteiger partial charge >= 0.3 is 5.97 Å².